The van der Waals surface area contributed by atoms with Gasteiger partial charge in [-0.1, -0.05) is 84.5 Å². The van der Waals surface area contributed by atoms with Gasteiger partial charge in [-0.25, -0.2) is 31.1 Å². The summed E-state index contributed by atoms with van der Waals surface area (Å²) >= 11 is 26.1. The van der Waals surface area contributed by atoms with Crippen molar-refractivity contribution in [3.63, 3.8) is 0 Å². The number of aryl methyl sites for hydroxylation is 1. The molecule has 0 radical (unpaired) electrons. The summed E-state index contributed by atoms with van der Waals surface area (Å²) in [6.45, 7) is 2.09. The van der Waals surface area contributed by atoms with E-state index in [4.69, 9.17) is 67.8 Å². The molecular formula is C35H23Cl5F6O3. The predicted molar refractivity (Wildman–Crippen MR) is 182 cm³/mol. The van der Waals surface area contributed by atoms with E-state index in [1.807, 2.05) is 24.3 Å². The van der Waals surface area contributed by atoms with Crippen LogP contribution < -0.4 is 4.74 Å². The van der Waals surface area contributed by atoms with Crippen LogP contribution in [-0.4, -0.2) is 16.4 Å². The highest BCUT2D eigenvalue weighted by Gasteiger charge is 2.22. The van der Waals surface area contributed by atoms with Gasteiger partial charge in [0.15, 0.2) is 0 Å². The molecule has 258 valence electrons. The lowest BCUT2D eigenvalue weighted by molar-refractivity contribution is 0.0729. The van der Waals surface area contributed by atoms with Gasteiger partial charge in [0.2, 0.25) is 0 Å². The highest BCUT2D eigenvalue weighted by atomic mass is 35.5. The van der Waals surface area contributed by atoms with Crippen LogP contribution in [-0.2, 0) is 6.42 Å². The zero-order valence-electron chi connectivity index (χ0n) is 25.0. The molecule has 5 aromatic carbocycles. The Morgan fingerprint density at radius 3 is 1.63 bits per heavy atom. The molecule has 0 aromatic heterocycles. The number of benzene rings is 5. The van der Waals surface area contributed by atoms with Crippen molar-refractivity contribution in [2.75, 3.05) is 5.34 Å². The molecule has 0 spiro atoms. The van der Waals surface area contributed by atoms with Crippen molar-refractivity contribution in [3.05, 3.63) is 140 Å². The highest BCUT2D eigenvalue weighted by Crippen LogP contribution is 2.33. The van der Waals surface area contributed by atoms with Crippen LogP contribution in [0.5, 0.6) is 11.5 Å². The molecule has 1 N–H and O–H groups in total. The van der Waals surface area contributed by atoms with Crippen LogP contribution in [0.15, 0.2) is 78.9 Å². The number of phenols is 1. The molecule has 0 bridgehead atoms. The molecular weight excluding hydrogens is 760 g/mol. The molecule has 0 unspecified atom stereocenters. The first kappa shape index (κ1) is 39.8. The number of carbonyl (C=O) groups is 1. The Hall–Kier alpha value is -3.60. The summed E-state index contributed by atoms with van der Waals surface area (Å²) in [5.41, 5.74) is 2.17. The number of ether oxygens (including phenoxy) is 1. The standard InChI is InChI=1S/C28H18Cl2F4O2.C6H3ClF2O.CH2Cl2/c1-2-3-15-4-6-16(7-5-15)17-8-9-20(22(31)11-17)18-10-21(29)26(23(32)12-18)28(35)36-19-13-24(33)27(30)25(34)14-19;7-6-4(8)1-3(10)2-5(6)9;2-1-3/h4-14H,2-3H2,1H3;1-2,10H;1H2. The molecule has 0 saturated heterocycles. The van der Waals surface area contributed by atoms with Gasteiger partial charge in [0.05, 0.1) is 10.4 Å². The first-order chi connectivity index (χ1) is 23.2. The summed E-state index contributed by atoms with van der Waals surface area (Å²) in [6, 6.07) is 17.3. The number of aromatic hydroxyl groups is 1. The summed E-state index contributed by atoms with van der Waals surface area (Å²) in [5.74, 6) is -8.21. The first-order valence-corrected chi connectivity index (χ1v) is 16.1. The predicted octanol–water partition coefficient (Wildman–Crippen LogP) is 12.8. The number of esters is 1. The minimum Gasteiger partial charge on any atom is -0.508 e. The maximum absolute atomic E-state index is 15.0. The normalized spacial score (nSPS) is 10.4. The van der Waals surface area contributed by atoms with Gasteiger partial charge in [-0.05, 0) is 46.9 Å². The largest absolute Gasteiger partial charge is 0.508 e. The number of carbonyl (C=O) groups excluding carboxylic acids is 1. The second kappa shape index (κ2) is 18.4. The summed E-state index contributed by atoms with van der Waals surface area (Å²) in [7, 11) is 0. The molecule has 0 fully saturated rings. The van der Waals surface area contributed by atoms with E-state index in [2.05, 4.69) is 6.92 Å². The lowest BCUT2D eigenvalue weighted by atomic mass is 9.97. The van der Waals surface area contributed by atoms with Gasteiger partial charge < -0.3 is 9.84 Å². The fraction of sp³-hybridized carbons (Fsp3) is 0.114. The van der Waals surface area contributed by atoms with E-state index < -0.39 is 68.0 Å². The van der Waals surface area contributed by atoms with E-state index in [-0.39, 0.29) is 21.5 Å². The van der Waals surface area contributed by atoms with Crippen LogP contribution in [0.1, 0.15) is 29.3 Å². The Kier molecular flexibility index (Phi) is 15.0. The van der Waals surface area contributed by atoms with E-state index >= 15 is 4.39 Å². The third-order valence-electron chi connectivity index (χ3n) is 6.49. The van der Waals surface area contributed by atoms with E-state index in [0.29, 0.717) is 17.7 Å². The minimum absolute atomic E-state index is 0.0731. The van der Waals surface area contributed by atoms with Gasteiger partial charge in [-0.2, -0.15) is 0 Å². The number of rotatable bonds is 6. The van der Waals surface area contributed by atoms with Crippen molar-refractivity contribution < 1.29 is 41.0 Å². The summed E-state index contributed by atoms with van der Waals surface area (Å²) in [5, 5.41) is 7.04. The molecule has 49 heavy (non-hydrogen) atoms. The van der Waals surface area contributed by atoms with Gasteiger partial charge in [0.1, 0.15) is 62.0 Å². The third-order valence-corrected chi connectivity index (χ3v) is 7.51. The van der Waals surface area contributed by atoms with Crippen LogP contribution >= 0.6 is 58.0 Å². The number of halogens is 11. The van der Waals surface area contributed by atoms with Crippen molar-refractivity contribution >= 4 is 64.0 Å². The summed E-state index contributed by atoms with van der Waals surface area (Å²) in [6.07, 6.45) is 1.98. The molecule has 0 aliphatic rings. The van der Waals surface area contributed by atoms with Crippen LogP contribution in [0.2, 0.25) is 15.1 Å². The Labute approximate surface area is 302 Å². The fourth-order valence-corrected chi connectivity index (χ4v) is 4.80. The zero-order chi connectivity index (χ0) is 36.4. The topological polar surface area (TPSA) is 46.5 Å². The number of hydrogen-bond acceptors (Lipinski definition) is 3. The van der Waals surface area contributed by atoms with Gasteiger partial charge >= 0.3 is 5.97 Å². The average molecular weight is 783 g/mol. The molecule has 0 aliphatic heterocycles. The average Bonchev–Trinajstić information content (AvgIpc) is 3.03. The molecule has 0 heterocycles. The SMILES string of the molecule is CCCc1ccc(-c2ccc(-c3cc(F)c(C(=O)Oc4cc(F)c(Cl)c(F)c4)c(Cl)c3)c(F)c2)cc1.ClCCl.Oc1cc(F)c(Cl)c(F)c1. The summed E-state index contributed by atoms with van der Waals surface area (Å²) < 4.78 is 86.6. The Morgan fingerprint density at radius 2 is 1.14 bits per heavy atom. The van der Waals surface area contributed by atoms with E-state index in [9.17, 15) is 26.7 Å². The molecule has 0 amide bonds. The quantitative estimate of drug-likeness (QED) is 0.0613. The van der Waals surface area contributed by atoms with Gasteiger partial charge in [0, 0.05) is 29.8 Å². The van der Waals surface area contributed by atoms with E-state index in [1.54, 1.807) is 6.07 Å². The van der Waals surface area contributed by atoms with Gasteiger partial charge in [-0.3, -0.25) is 0 Å². The summed E-state index contributed by atoms with van der Waals surface area (Å²) in [4.78, 5) is 12.4. The van der Waals surface area contributed by atoms with Gasteiger partial charge in [-0.15, -0.1) is 23.2 Å². The van der Waals surface area contributed by atoms with Crippen molar-refractivity contribution in [3.8, 4) is 33.8 Å². The van der Waals surface area contributed by atoms with Crippen molar-refractivity contribution in [2.45, 2.75) is 19.8 Å². The Morgan fingerprint density at radius 1 is 0.653 bits per heavy atom. The van der Waals surface area contributed by atoms with Crippen LogP contribution in [0.25, 0.3) is 22.3 Å². The third kappa shape index (κ3) is 10.7. The Balaban J connectivity index is 0.000000421. The maximum atomic E-state index is 15.0. The molecule has 0 atom stereocenters. The zero-order valence-corrected chi connectivity index (χ0v) is 28.8. The minimum atomic E-state index is -1.28. The number of hydrogen-bond donors (Lipinski definition) is 1. The van der Waals surface area contributed by atoms with Crippen molar-refractivity contribution in [1.82, 2.24) is 0 Å². The monoisotopic (exact) mass is 780 g/mol. The van der Waals surface area contributed by atoms with E-state index in [1.165, 1.54) is 23.8 Å². The van der Waals surface area contributed by atoms with E-state index in [0.717, 1.165) is 36.6 Å². The van der Waals surface area contributed by atoms with Crippen LogP contribution in [0.4, 0.5) is 26.3 Å². The van der Waals surface area contributed by atoms with Crippen LogP contribution in [0.3, 0.4) is 0 Å². The molecule has 0 aliphatic carbocycles. The van der Waals surface area contributed by atoms with Crippen molar-refractivity contribution in [1.29, 1.82) is 0 Å². The second-order valence-corrected chi connectivity index (χ2v) is 11.8. The maximum Gasteiger partial charge on any atom is 0.348 e. The fourth-order valence-electron chi connectivity index (χ4n) is 4.30. The van der Waals surface area contributed by atoms with Crippen LogP contribution in [0, 0.1) is 34.9 Å². The lowest BCUT2D eigenvalue weighted by Crippen LogP contribution is -2.12. The number of phenolic OH excluding ortho intramolecular Hbond substituents is 1. The molecule has 0 saturated carbocycles. The molecule has 5 rings (SSSR count). The smallest absolute Gasteiger partial charge is 0.348 e. The Bertz CT molecular complexity index is 1870. The highest BCUT2D eigenvalue weighted by molar-refractivity contribution is 6.40. The molecule has 14 heteroatoms. The molecule has 3 nitrogen and oxygen atoms in total. The van der Waals surface area contributed by atoms with Crippen molar-refractivity contribution in [2.24, 2.45) is 0 Å². The number of alkyl halides is 2. The molecule has 5 aromatic rings. The second-order valence-electron chi connectivity index (χ2n) is 9.87. The lowest BCUT2D eigenvalue weighted by Gasteiger charge is -2.11. The van der Waals surface area contributed by atoms with Gasteiger partial charge in [0.25, 0.3) is 0 Å². The first-order valence-electron chi connectivity index (χ1n) is 13.9.